The van der Waals surface area contributed by atoms with Crippen molar-refractivity contribution in [2.75, 3.05) is 12.4 Å². The molecule has 0 saturated heterocycles. The number of carboxylic acid groups (broad SMARTS) is 1. The molecular weight excluding hydrogens is 318 g/mol. The first kappa shape index (κ1) is 16.6. The Morgan fingerprint density at radius 2 is 1.96 bits per heavy atom. The Morgan fingerprint density at radius 3 is 2.65 bits per heavy atom. The van der Waals surface area contributed by atoms with Crippen molar-refractivity contribution in [1.29, 1.82) is 0 Å². The van der Waals surface area contributed by atoms with Crippen molar-refractivity contribution in [3.05, 3.63) is 64.7 Å². The van der Waals surface area contributed by atoms with Crippen LogP contribution in [0.5, 0.6) is 5.75 Å². The molecule has 1 amide bonds. The van der Waals surface area contributed by atoms with Crippen LogP contribution in [0.3, 0.4) is 0 Å². The molecule has 118 valence electrons. The number of rotatable bonds is 5. The summed E-state index contributed by atoms with van der Waals surface area (Å²) in [4.78, 5) is 23.1. The van der Waals surface area contributed by atoms with Gasteiger partial charge in [-0.15, -0.1) is 0 Å². The zero-order chi connectivity index (χ0) is 16.8. The first-order valence-electron chi connectivity index (χ1n) is 6.66. The van der Waals surface area contributed by atoms with Crippen molar-refractivity contribution < 1.29 is 19.4 Å². The van der Waals surface area contributed by atoms with Crippen LogP contribution in [0.1, 0.15) is 15.9 Å². The minimum absolute atomic E-state index is 0.0262. The number of carboxylic acids is 1. The maximum Gasteiger partial charge on any atom is 0.337 e. The van der Waals surface area contributed by atoms with Gasteiger partial charge in [-0.25, -0.2) is 4.79 Å². The summed E-state index contributed by atoms with van der Waals surface area (Å²) in [5.41, 5.74) is 0.939. The molecular formula is C17H14ClNO4. The van der Waals surface area contributed by atoms with Gasteiger partial charge < -0.3 is 15.2 Å². The van der Waals surface area contributed by atoms with Crippen molar-refractivity contribution in [3.8, 4) is 5.75 Å². The van der Waals surface area contributed by atoms with E-state index in [1.54, 1.807) is 36.4 Å². The van der Waals surface area contributed by atoms with E-state index in [0.29, 0.717) is 16.3 Å². The molecule has 2 aromatic carbocycles. The van der Waals surface area contributed by atoms with E-state index < -0.39 is 11.9 Å². The number of benzene rings is 2. The van der Waals surface area contributed by atoms with Crippen molar-refractivity contribution in [2.24, 2.45) is 0 Å². The number of methoxy groups -OCH3 is 1. The summed E-state index contributed by atoms with van der Waals surface area (Å²) in [7, 11) is 1.51. The van der Waals surface area contributed by atoms with Gasteiger partial charge in [0.25, 0.3) is 0 Å². The summed E-state index contributed by atoms with van der Waals surface area (Å²) < 4.78 is 5.18. The fourth-order valence-corrected chi connectivity index (χ4v) is 2.10. The van der Waals surface area contributed by atoms with E-state index >= 15 is 0 Å². The Hall–Kier alpha value is -2.79. The fraction of sp³-hybridized carbons (Fsp3) is 0.0588. The van der Waals surface area contributed by atoms with Gasteiger partial charge in [0.1, 0.15) is 5.75 Å². The first-order valence-corrected chi connectivity index (χ1v) is 7.04. The molecule has 6 heteroatoms. The number of hydrogen-bond donors (Lipinski definition) is 2. The topological polar surface area (TPSA) is 75.6 Å². The van der Waals surface area contributed by atoms with E-state index in [9.17, 15) is 9.59 Å². The fourth-order valence-electron chi connectivity index (χ4n) is 1.94. The number of anilines is 1. The summed E-state index contributed by atoms with van der Waals surface area (Å²) in [5.74, 6) is -1.02. The van der Waals surface area contributed by atoms with E-state index in [0.717, 1.165) is 0 Å². The van der Waals surface area contributed by atoms with Crippen LogP contribution < -0.4 is 10.1 Å². The zero-order valence-electron chi connectivity index (χ0n) is 12.2. The number of para-hydroxylation sites is 1. The van der Waals surface area contributed by atoms with E-state index in [-0.39, 0.29) is 11.3 Å². The predicted octanol–water partition coefficient (Wildman–Crippen LogP) is 3.70. The monoisotopic (exact) mass is 331 g/mol. The van der Waals surface area contributed by atoms with E-state index in [1.807, 2.05) is 0 Å². The molecule has 2 rings (SSSR count). The Labute approximate surface area is 138 Å². The number of nitrogens with one attached hydrogen (secondary N) is 1. The van der Waals surface area contributed by atoms with Gasteiger partial charge >= 0.3 is 5.97 Å². The summed E-state index contributed by atoms with van der Waals surface area (Å²) in [6, 6.07) is 11.2. The Balaban J connectivity index is 2.16. The number of carbonyl (C=O) groups excluding carboxylic acids is 1. The normalized spacial score (nSPS) is 10.5. The average molecular weight is 332 g/mol. The van der Waals surface area contributed by atoms with Crippen LogP contribution >= 0.6 is 11.6 Å². The highest BCUT2D eigenvalue weighted by Gasteiger charge is 2.10. The third-order valence-corrected chi connectivity index (χ3v) is 3.26. The van der Waals surface area contributed by atoms with E-state index in [4.69, 9.17) is 21.4 Å². The highest BCUT2D eigenvalue weighted by molar-refractivity contribution is 6.30. The third-order valence-electron chi connectivity index (χ3n) is 3.03. The lowest BCUT2D eigenvalue weighted by Gasteiger charge is -2.07. The van der Waals surface area contributed by atoms with E-state index in [2.05, 4.69) is 5.32 Å². The lowest BCUT2D eigenvalue weighted by atomic mass is 10.1. The zero-order valence-corrected chi connectivity index (χ0v) is 13.0. The second-order valence-electron chi connectivity index (χ2n) is 4.56. The number of hydrogen-bond acceptors (Lipinski definition) is 3. The Kier molecular flexibility index (Phi) is 5.38. The molecule has 0 aromatic heterocycles. The smallest absolute Gasteiger partial charge is 0.337 e. The quantitative estimate of drug-likeness (QED) is 0.819. The van der Waals surface area contributed by atoms with Crippen LogP contribution in [0.2, 0.25) is 5.02 Å². The summed E-state index contributed by atoms with van der Waals surface area (Å²) >= 11 is 5.87. The van der Waals surface area contributed by atoms with Crippen molar-refractivity contribution in [1.82, 2.24) is 0 Å². The molecule has 0 unspecified atom stereocenters. The molecule has 2 aromatic rings. The number of aromatic carboxylic acids is 1. The van der Waals surface area contributed by atoms with Gasteiger partial charge in [-0.1, -0.05) is 23.7 Å². The molecule has 0 aliphatic heterocycles. The lowest BCUT2D eigenvalue weighted by molar-refractivity contribution is -0.111. The second-order valence-corrected chi connectivity index (χ2v) is 5.00. The molecule has 0 radical (unpaired) electrons. The van der Waals surface area contributed by atoms with Crippen LogP contribution in [-0.2, 0) is 4.79 Å². The number of carbonyl (C=O) groups is 2. The van der Waals surface area contributed by atoms with Gasteiger partial charge in [0.2, 0.25) is 5.91 Å². The summed E-state index contributed by atoms with van der Waals surface area (Å²) in [5, 5.41) is 12.1. The number of amides is 1. The second kappa shape index (κ2) is 7.47. The van der Waals surface area contributed by atoms with Gasteiger partial charge in [0.05, 0.1) is 18.4 Å². The number of halogens is 1. The van der Waals surface area contributed by atoms with Gasteiger partial charge in [0, 0.05) is 16.7 Å². The molecule has 0 bridgehead atoms. The van der Waals surface area contributed by atoms with Gasteiger partial charge in [-0.2, -0.15) is 0 Å². The van der Waals surface area contributed by atoms with E-state index in [1.165, 1.54) is 25.3 Å². The highest BCUT2D eigenvalue weighted by Crippen LogP contribution is 2.24. The molecule has 0 heterocycles. The Morgan fingerprint density at radius 1 is 1.22 bits per heavy atom. The van der Waals surface area contributed by atoms with Crippen molar-refractivity contribution >= 4 is 35.2 Å². The van der Waals surface area contributed by atoms with Crippen LogP contribution in [-0.4, -0.2) is 24.1 Å². The van der Waals surface area contributed by atoms with Crippen LogP contribution in [0, 0.1) is 0 Å². The summed E-state index contributed by atoms with van der Waals surface area (Å²) in [6.45, 7) is 0. The van der Waals surface area contributed by atoms with Crippen LogP contribution in [0.25, 0.3) is 6.08 Å². The highest BCUT2D eigenvalue weighted by atomic mass is 35.5. The SMILES string of the molecule is COc1cc(Cl)ccc1C=CC(=O)Nc1ccccc1C(=O)O. The molecule has 5 nitrogen and oxygen atoms in total. The Bertz CT molecular complexity index is 771. The molecule has 23 heavy (non-hydrogen) atoms. The predicted molar refractivity (Wildman–Crippen MR) is 89.1 cm³/mol. The minimum atomic E-state index is -1.11. The standard InChI is InChI=1S/C17H14ClNO4/c1-23-15-10-12(18)8-6-11(15)7-9-16(20)19-14-5-3-2-4-13(14)17(21)22/h2-10H,1H3,(H,19,20)(H,21,22). The average Bonchev–Trinajstić information content (AvgIpc) is 2.53. The summed E-state index contributed by atoms with van der Waals surface area (Å²) in [6.07, 6.45) is 2.86. The van der Waals surface area contributed by atoms with Crippen molar-refractivity contribution in [3.63, 3.8) is 0 Å². The number of ether oxygens (including phenoxy) is 1. The largest absolute Gasteiger partial charge is 0.496 e. The van der Waals surface area contributed by atoms with Crippen molar-refractivity contribution in [2.45, 2.75) is 0 Å². The molecule has 0 saturated carbocycles. The van der Waals surface area contributed by atoms with Gasteiger partial charge in [-0.05, 0) is 36.4 Å². The minimum Gasteiger partial charge on any atom is -0.496 e. The van der Waals surface area contributed by atoms with Crippen LogP contribution in [0.4, 0.5) is 5.69 Å². The maximum absolute atomic E-state index is 12.0. The molecule has 0 spiro atoms. The molecule has 0 aliphatic rings. The molecule has 0 atom stereocenters. The lowest BCUT2D eigenvalue weighted by Crippen LogP contribution is -2.11. The van der Waals surface area contributed by atoms with Gasteiger partial charge in [-0.3, -0.25) is 4.79 Å². The molecule has 0 fully saturated rings. The van der Waals surface area contributed by atoms with Gasteiger partial charge in [0.15, 0.2) is 0 Å². The maximum atomic E-state index is 12.0. The molecule has 0 aliphatic carbocycles. The van der Waals surface area contributed by atoms with Crippen LogP contribution in [0.15, 0.2) is 48.5 Å². The first-order chi connectivity index (χ1) is 11.0. The third kappa shape index (κ3) is 4.34. The molecule has 2 N–H and O–H groups in total.